The van der Waals surface area contributed by atoms with Crippen LogP contribution in [0.2, 0.25) is 0 Å². The van der Waals surface area contributed by atoms with E-state index in [-0.39, 0.29) is 5.82 Å². The zero-order valence-electron chi connectivity index (χ0n) is 15.3. The highest BCUT2D eigenvalue weighted by atomic mass is 19.1. The highest BCUT2D eigenvalue weighted by Gasteiger charge is 2.18. The fourth-order valence-corrected chi connectivity index (χ4v) is 3.69. The van der Waals surface area contributed by atoms with E-state index in [1.54, 1.807) is 18.3 Å². The normalized spacial score (nSPS) is 14.3. The standard InChI is InChI=1S/C23H19FN4/c24-20-8-6-19(7-9-20)21-16-22-23(25-12-15-28(22)26-21)27-13-10-18(11-14-27)17-4-2-1-3-5-17/h1-10,12,15-16H,11,13-14H2. The molecule has 0 N–H and O–H groups in total. The van der Waals surface area contributed by atoms with E-state index < -0.39 is 0 Å². The van der Waals surface area contributed by atoms with Gasteiger partial charge in [-0.2, -0.15) is 5.10 Å². The van der Waals surface area contributed by atoms with E-state index in [0.717, 1.165) is 42.1 Å². The molecule has 0 spiro atoms. The molecule has 0 saturated carbocycles. The van der Waals surface area contributed by atoms with Crippen molar-refractivity contribution in [1.29, 1.82) is 0 Å². The predicted octanol–water partition coefficient (Wildman–Crippen LogP) is 4.83. The van der Waals surface area contributed by atoms with Gasteiger partial charge in [-0.15, -0.1) is 0 Å². The molecule has 4 nitrogen and oxygen atoms in total. The molecule has 0 atom stereocenters. The van der Waals surface area contributed by atoms with Gasteiger partial charge in [0.15, 0.2) is 5.82 Å². The third kappa shape index (κ3) is 3.05. The van der Waals surface area contributed by atoms with Gasteiger partial charge in [0.05, 0.1) is 5.69 Å². The van der Waals surface area contributed by atoms with Crippen LogP contribution in [0.1, 0.15) is 12.0 Å². The van der Waals surface area contributed by atoms with Crippen LogP contribution in [0, 0.1) is 5.82 Å². The largest absolute Gasteiger partial charge is 0.351 e. The average molecular weight is 370 g/mol. The molecule has 2 aromatic carbocycles. The number of benzene rings is 2. The Hall–Kier alpha value is -3.47. The third-order valence-electron chi connectivity index (χ3n) is 5.16. The summed E-state index contributed by atoms with van der Waals surface area (Å²) in [5.41, 5.74) is 5.33. The summed E-state index contributed by atoms with van der Waals surface area (Å²) in [4.78, 5) is 6.90. The van der Waals surface area contributed by atoms with Crippen molar-refractivity contribution >= 4 is 16.9 Å². The van der Waals surface area contributed by atoms with Crippen LogP contribution in [0.3, 0.4) is 0 Å². The van der Waals surface area contributed by atoms with E-state index in [1.807, 2.05) is 22.8 Å². The third-order valence-corrected chi connectivity index (χ3v) is 5.16. The van der Waals surface area contributed by atoms with Crippen molar-refractivity contribution in [3.63, 3.8) is 0 Å². The molecule has 3 heterocycles. The van der Waals surface area contributed by atoms with Crippen molar-refractivity contribution in [1.82, 2.24) is 14.6 Å². The van der Waals surface area contributed by atoms with E-state index in [0.29, 0.717) is 0 Å². The van der Waals surface area contributed by atoms with Crippen molar-refractivity contribution in [2.45, 2.75) is 6.42 Å². The van der Waals surface area contributed by atoms with Gasteiger partial charge in [-0.1, -0.05) is 36.4 Å². The van der Waals surface area contributed by atoms with Crippen LogP contribution in [0.5, 0.6) is 0 Å². The number of hydrogen-bond donors (Lipinski definition) is 0. The van der Waals surface area contributed by atoms with Crippen molar-refractivity contribution in [3.05, 3.63) is 90.5 Å². The van der Waals surface area contributed by atoms with Gasteiger partial charge in [-0.3, -0.25) is 0 Å². The molecule has 4 aromatic rings. The zero-order valence-corrected chi connectivity index (χ0v) is 15.3. The Kier molecular flexibility index (Phi) is 4.13. The Morgan fingerprint density at radius 1 is 0.929 bits per heavy atom. The van der Waals surface area contributed by atoms with Gasteiger partial charge < -0.3 is 4.90 Å². The Balaban J connectivity index is 1.47. The fourth-order valence-electron chi connectivity index (χ4n) is 3.69. The molecule has 0 saturated heterocycles. The molecule has 0 fully saturated rings. The van der Waals surface area contributed by atoms with Crippen LogP contribution in [0.4, 0.5) is 10.2 Å². The van der Waals surface area contributed by atoms with Gasteiger partial charge in [0, 0.05) is 31.0 Å². The molecule has 2 aromatic heterocycles. The summed E-state index contributed by atoms with van der Waals surface area (Å²) in [7, 11) is 0. The van der Waals surface area contributed by atoms with Crippen LogP contribution >= 0.6 is 0 Å². The number of anilines is 1. The first-order valence-corrected chi connectivity index (χ1v) is 9.38. The second kappa shape index (κ2) is 6.93. The summed E-state index contributed by atoms with van der Waals surface area (Å²) in [6.45, 7) is 1.72. The Morgan fingerprint density at radius 2 is 1.75 bits per heavy atom. The topological polar surface area (TPSA) is 33.4 Å². The number of halogens is 1. The summed E-state index contributed by atoms with van der Waals surface area (Å²) in [5, 5.41) is 4.64. The molecule has 0 amide bonds. The van der Waals surface area contributed by atoms with Crippen LogP contribution < -0.4 is 4.90 Å². The van der Waals surface area contributed by atoms with Gasteiger partial charge in [0.1, 0.15) is 11.3 Å². The van der Waals surface area contributed by atoms with Crippen molar-refractivity contribution in [3.8, 4) is 11.3 Å². The van der Waals surface area contributed by atoms with Crippen LogP contribution in [0.25, 0.3) is 22.3 Å². The highest BCUT2D eigenvalue weighted by Crippen LogP contribution is 2.29. The lowest BCUT2D eigenvalue weighted by Crippen LogP contribution is -2.29. The Morgan fingerprint density at radius 3 is 2.50 bits per heavy atom. The van der Waals surface area contributed by atoms with Gasteiger partial charge >= 0.3 is 0 Å². The summed E-state index contributed by atoms with van der Waals surface area (Å²) in [6.07, 6.45) is 6.88. The minimum atomic E-state index is -0.246. The van der Waals surface area contributed by atoms with E-state index in [9.17, 15) is 4.39 Å². The number of nitrogens with zero attached hydrogens (tertiary/aromatic N) is 4. The van der Waals surface area contributed by atoms with Crippen LogP contribution in [0.15, 0.2) is 79.1 Å². The number of rotatable bonds is 3. The van der Waals surface area contributed by atoms with Crippen molar-refractivity contribution < 1.29 is 4.39 Å². The second-order valence-electron chi connectivity index (χ2n) is 6.91. The average Bonchev–Trinajstić information content (AvgIpc) is 3.19. The highest BCUT2D eigenvalue weighted by molar-refractivity contribution is 5.77. The lowest BCUT2D eigenvalue weighted by Gasteiger charge is -2.28. The molecular formula is C23H19FN4. The Bertz CT molecular complexity index is 1150. The first-order valence-electron chi connectivity index (χ1n) is 9.38. The van der Waals surface area contributed by atoms with Crippen LogP contribution in [-0.4, -0.2) is 27.7 Å². The maximum Gasteiger partial charge on any atom is 0.154 e. The number of hydrogen-bond acceptors (Lipinski definition) is 3. The lowest BCUT2D eigenvalue weighted by atomic mass is 9.99. The monoisotopic (exact) mass is 370 g/mol. The molecule has 5 heteroatoms. The lowest BCUT2D eigenvalue weighted by molar-refractivity contribution is 0.628. The molecule has 0 bridgehead atoms. The quantitative estimate of drug-likeness (QED) is 0.518. The zero-order chi connectivity index (χ0) is 18.9. The summed E-state index contributed by atoms with van der Waals surface area (Å²) >= 11 is 0. The molecule has 1 aliphatic rings. The van der Waals surface area contributed by atoms with Gasteiger partial charge in [0.25, 0.3) is 0 Å². The molecular weight excluding hydrogens is 351 g/mol. The second-order valence-corrected chi connectivity index (χ2v) is 6.91. The maximum absolute atomic E-state index is 13.2. The van der Waals surface area contributed by atoms with E-state index in [2.05, 4.69) is 45.3 Å². The van der Waals surface area contributed by atoms with Crippen molar-refractivity contribution in [2.75, 3.05) is 18.0 Å². The molecule has 138 valence electrons. The summed E-state index contributed by atoms with van der Waals surface area (Å²) in [6, 6.07) is 19.0. The number of aromatic nitrogens is 3. The van der Waals surface area contributed by atoms with Crippen molar-refractivity contribution in [2.24, 2.45) is 0 Å². The number of fused-ring (bicyclic) bond motifs is 1. The molecule has 28 heavy (non-hydrogen) atoms. The fraction of sp³-hybridized carbons (Fsp3) is 0.130. The van der Waals surface area contributed by atoms with Gasteiger partial charge in [-0.05, 0) is 47.9 Å². The Labute approximate surface area is 162 Å². The molecule has 0 unspecified atom stereocenters. The maximum atomic E-state index is 13.2. The summed E-state index contributed by atoms with van der Waals surface area (Å²) < 4.78 is 15.1. The van der Waals surface area contributed by atoms with E-state index in [1.165, 1.54) is 23.3 Å². The minimum Gasteiger partial charge on any atom is -0.351 e. The van der Waals surface area contributed by atoms with E-state index >= 15 is 0 Å². The summed E-state index contributed by atoms with van der Waals surface area (Å²) in [5.74, 6) is 0.677. The molecule has 5 rings (SSSR count). The SMILES string of the molecule is Fc1ccc(-c2cc3c(N4CC=C(c5ccccc5)CC4)nccn3n2)cc1. The first kappa shape index (κ1) is 16.7. The van der Waals surface area contributed by atoms with Gasteiger partial charge in [-0.25, -0.2) is 13.9 Å². The molecule has 1 aliphatic heterocycles. The first-order chi connectivity index (χ1) is 13.8. The van der Waals surface area contributed by atoms with Gasteiger partial charge in [0.2, 0.25) is 0 Å². The van der Waals surface area contributed by atoms with E-state index in [4.69, 9.17) is 0 Å². The molecule has 0 aliphatic carbocycles. The molecule has 0 radical (unpaired) electrons. The minimum absolute atomic E-state index is 0.246. The smallest absolute Gasteiger partial charge is 0.154 e. The van der Waals surface area contributed by atoms with Crippen LogP contribution in [-0.2, 0) is 0 Å². The predicted molar refractivity (Wildman–Crippen MR) is 110 cm³/mol.